The summed E-state index contributed by atoms with van der Waals surface area (Å²) in [4.78, 5) is 22.9. The number of amides is 1. The summed E-state index contributed by atoms with van der Waals surface area (Å²) in [5, 5.41) is 2.62. The number of nitrogens with one attached hydrogen (secondary N) is 1. The fraction of sp³-hybridized carbons (Fsp3) is 0.538. The van der Waals surface area contributed by atoms with Crippen molar-refractivity contribution in [3.63, 3.8) is 0 Å². The van der Waals surface area contributed by atoms with Crippen LogP contribution in [0.5, 0.6) is 0 Å². The van der Waals surface area contributed by atoms with Crippen LogP contribution in [0.1, 0.15) is 26.7 Å². The fourth-order valence-corrected chi connectivity index (χ4v) is 2.92. The predicted octanol–water partition coefficient (Wildman–Crippen LogP) is 2.02. The molecule has 0 spiro atoms. The minimum Gasteiger partial charge on any atom is -0.486 e. The molecule has 0 aromatic carbocycles. The summed E-state index contributed by atoms with van der Waals surface area (Å²) in [6.45, 7) is 7.90. The number of hydrogen-bond acceptors (Lipinski definition) is 4. The molecule has 1 atom stereocenters. The quantitative estimate of drug-likeness (QED) is 0.718. The largest absolute Gasteiger partial charge is 0.486 e. The second-order valence-corrected chi connectivity index (χ2v) is 5.80. The average Bonchev–Trinajstić information content (AvgIpc) is 2.59. The van der Waals surface area contributed by atoms with Crippen LogP contribution in [-0.4, -0.2) is 28.9 Å². The molecule has 18 heavy (non-hydrogen) atoms. The smallest absolute Gasteiger partial charge is 0.258 e. The first kappa shape index (κ1) is 14.8. The lowest BCUT2D eigenvalue weighted by Crippen LogP contribution is -2.30. The molecule has 0 aromatic heterocycles. The highest BCUT2D eigenvalue weighted by molar-refractivity contribution is 8.15. The van der Waals surface area contributed by atoms with E-state index in [4.69, 9.17) is 4.74 Å². The van der Waals surface area contributed by atoms with Crippen molar-refractivity contribution in [1.82, 2.24) is 5.32 Å². The molecule has 1 aliphatic rings. The zero-order valence-corrected chi connectivity index (χ0v) is 11.6. The second kappa shape index (κ2) is 6.64. The summed E-state index contributed by atoms with van der Waals surface area (Å²) in [7, 11) is 0. The van der Waals surface area contributed by atoms with Gasteiger partial charge in [0.2, 0.25) is 5.12 Å². The number of rotatable bonds is 7. The van der Waals surface area contributed by atoms with Crippen molar-refractivity contribution in [2.45, 2.75) is 31.4 Å². The van der Waals surface area contributed by atoms with Crippen molar-refractivity contribution in [1.29, 1.82) is 0 Å². The van der Waals surface area contributed by atoms with Gasteiger partial charge in [0.1, 0.15) is 5.76 Å². The molecule has 4 nitrogen and oxygen atoms in total. The van der Waals surface area contributed by atoms with E-state index in [9.17, 15) is 9.59 Å². The number of hydrogen-bond donors (Lipinski definition) is 1. The molecule has 0 bridgehead atoms. The Morgan fingerprint density at radius 3 is 3.00 bits per heavy atom. The van der Waals surface area contributed by atoms with Crippen LogP contribution in [-0.2, 0) is 14.3 Å². The van der Waals surface area contributed by atoms with E-state index < -0.39 is 0 Å². The number of carbonyl (C=O) groups excluding carboxylic acids is 2. The topological polar surface area (TPSA) is 55.4 Å². The summed E-state index contributed by atoms with van der Waals surface area (Å²) in [6.07, 6.45) is 4.90. The van der Waals surface area contributed by atoms with Gasteiger partial charge in [-0.25, -0.2) is 0 Å². The number of ether oxygens (including phenoxy) is 1. The Bertz CT molecular complexity index is 378. The van der Waals surface area contributed by atoms with E-state index in [1.54, 1.807) is 6.08 Å². The predicted molar refractivity (Wildman–Crippen MR) is 73.2 cm³/mol. The van der Waals surface area contributed by atoms with Gasteiger partial charge in [-0.2, -0.15) is 0 Å². The van der Waals surface area contributed by atoms with E-state index >= 15 is 0 Å². The highest BCUT2D eigenvalue weighted by atomic mass is 32.2. The Hall–Kier alpha value is -1.23. The third kappa shape index (κ3) is 3.91. The molecule has 1 heterocycles. The first-order valence-electron chi connectivity index (χ1n) is 5.97. The van der Waals surface area contributed by atoms with Gasteiger partial charge < -0.3 is 10.1 Å². The Morgan fingerprint density at radius 1 is 1.67 bits per heavy atom. The molecule has 0 aliphatic carbocycles. The lowest BCUT2D eigenvalue weighted by molar-refractivity contribution is -0.124. The summed E-state index contributed by atoms with van der Waals surface area (Å²) >= 11 is 1.27. The van der Waals surface area contributed by atoms with E-state index in [-0.39, 0.29) is 22.4 Å². The van der Waals surface area contributed by atoms with Crippen LogP contribution in [0.3, 0.4) is 0 Å². The van der Waals surface area contributed by atoms with Gasteiger partial charge in [0, 0.05) is 12.6 Å². The van der Waals surface area contributed by atoms with Crippen molar-refractivity contribution >= 4 is 22.8 Å². The molecule has 1 N–H and O–H groups in total. The van der Waals surface area contributed by atoms with E-state index in [1.165, 1.54) is 17.8 Å². The minimum atomic E-state index is -0.329. The molecule has 0 radical (unpaired) electrons. The van der Waals surface area contributed by atoms with E-state index in [1.807, 2.05) is 6.92 Å². The van der Waals surface area contributed by atoms with Crippen LogP contribution in [0.15, 0.2) is 24.5 Å². The first-order chi connectivity index (χ1) is 8.51. The molecule has 0 saturated heterocycles. The van der Waals surface area contributed by atoms with Crippen molar-refractivity contribution in [2.24, 2.45) is 0 Å². The van der Waals surface area contributed by atoms with Gasteiger partial charge >= 0.3 is 0 Å². The van der Waals surface area contributed by atoms with Crippen molar-refractivity contribution in [2.75, 3.05) is 13.2 Å². The molecule has 1 amide bonds. The second-order valence-electron chi connectivity index (χ2n) is 4.29. The fourth-order valence-electron chi connectivity index (χ4n) is 1.79. The van der Waals surface area contributed by atoms with Crippen LogP contribution >= 0.6 is 11.8 Å². The maximum atomic E-state index is 11.5. The Kier molecular flexibility index (Phi) is 5.47. The average molecular weight is 269 g/mol. The van der Waals surface area contributed by atoms with Gasteiger partial charge in [-0.3, -0.25) is 9.59 Å². The molecule has 1 aliphatic heterocycles. The maximum Gasteiger partial charge on any atom is 0.258 e. The normalized spacial score (nSPS) is 22.6. The summed E-state index contributed by atoms with van der Waals surface area (Å²) in [6, 6.07) is 0. The Morgan fingerprint density at radius 2 is 2.39 bits per heavy atom. The zero-order chi connectivity index (χ0) is 13.6. The van der Waals surface area contributed by atoms with Crippen molar-refractivity contribution < 1.29 is 14.3 Å². The summed E-state index contributed by atoms with van der Waals surface area (Å²) in [5.41, 5.74) is 0. The summed E-state index contributed by atoms with van der Waals surface area (Å²) in [5.74, 6) is 0.395. The van der Waals surface area contributed by atoms with E-state index in [0.29, 0.717) is 12.3 Å². The third-order valence-corrected chi connectivity index (χ3v) is 3.80. The van der Waals surface area contributed by atoms with Crippen LogP contribution < -0.4 is 5.32 Å². The monoisotopic (exact) mass is 269 g/mol. The molecule has 1 rings (SSSR count). The molecule has 0 aromatic rings. The van der Waals surface area contributed by atoms with E-state index in [2.05, 4.69) is 18.8 Å². The zero-order valence-electron chi connectivity index (χ0n) is 10.8. The molecule has 0 fully saturated rings. The lowest BCUT2D eigenvalue weighted by Gasteiger charge is -2.25. The van der Waals surface area contributed by atoms with E-state index in [0.717, 1.165) is 12.8 Å². The van der Waals surface area contributed by atoms with Gasteiger partial charge in [-0.1, -0.05) is 31.2 Å². The highest BCUT2D eigenvalue weighted by Gasteiger charge is 2.39. The Balaban J connectivity index is 2.54. The molecular formula is C13H19NO3S. The number of thioether (sulfide) groups is 1. The number of carbonyl (C=O) groups is 2. The van der Waals surface area contributed by atoms with Crippen LogP contribution in [0, 0.1) is 0 Å². The van der Waals surface area contributed by atoms with Gasteiger partial charge in [-0.05, 0) is 13.3 Å². The van der Waals surface area contributed by atoms with Gasteiger partial charge in [0.05, 0.1) is 4.75 Å². The summed E-state index contributed by atoms with van der Waals surface area (Å²) < 4.78 is 5.14. The maximum absolute atomic E-state index is 11.5. The van der Waals surface area contributed by atoms with Crippen molar-refractivity contribution in [3.05, 3.63) is 24.5 Å². The minimum absolute atomic E-state index is 0.00699. The molecule has 0 saturated carbocycles. The van der Waals surface area contributed by atoms with Gasteiger partial charge in [0.25, 0.3) is 5.91 Å². The molecular weight excluding hydrogens is 250 g/mol. The Labute approximate surface area is 112 Å². The lowest BCUT2D eigenvalue weighted by atomic mass is 10.0. The van der Waals surface area contributed by atoms with Crippen molar-refractivity contribution in [3.8, 4) is 0 Å². The third-order valence-electron chi connectivity index (χ3n) is 2.63. The highest BCUT2D eigenvalue weighted by Crippen LogP contribution is 2.43. The SMILES string of the molecule is C=CCNC(=O)COC1=CC(=O)S[C@]1(C)CCC. The van der Waals surface area contributed by atoms with Gasteiger partial charge in [-0.15, -0.1) is 6.58 Å². The van der Waals surface area contributed by atoms with Crippen LogP contribution in [0.2, 0.25) is 0 Å². The van der Waals surface area contributed by atoms with Crippen LogP contribution in [0.25, 0.3) is 0 Å². The molecule has 5 heteroatoms. The standard InChI is InChI=1S/C13H19NO3S/c1-4-6-13(3)10(8-12(16)18-13)17-9-11(15)14-7-5-2/h5,8H,2,4,6-7,9H2,1,3H3,(H,14,15)/t13-/m1/s1. The first-order valence-corrected chi connectivity index (χ1v) is 6.79. The molecule has 0 unspecified atom stereocenters. The van der Waals surface area contributed by atoms with Gasteiger partial charge in [0.15, 0.2) is 6.61 Å². The molecule has 100 valence electrons. The van der Waals surface area contributed by atoms with Crippen LogP contribution in [0.4, 0.5) is 0 Å².